The highest BCUT2D eigenvalue weighted by Crippen LogP contribution is 2.35. The maximum atomic E-state index is 12.9. The third kappa shape index (κ3) is 5.56. The molecule has 2 amide bonds. The van der Waals surface area contributed by atoms with Crippen LogP contribution in [0.2, 0.25) is 0 Å². The van der Waals surface area contributed by atoms with E-state index < -0.39 is 22.0 Å². The molecule has 0 unspecified atom stereocenters. The zero-order chi connectivity index (χ0) is 24.9. The summed E-state index contributed by atoms with van der Waals surface area (Å²) in [5, 5.41) is 19.4. The van der Waals surface area contributed by atoms with Gasteiger partial charge in [0.25, 0.3) is 16.8 Å². The molecule has 0 aliphatic carbocycles. The van der Waals surface area contributed by atoms with E-state index in [9.17, 15) is 24.5 Å². The summed E-state index contributed by atoms with van der Waals surface area (Å²) >= 11 is 0.811. The maximum Gasteiger partial charge on any atom is 0.335 e. The quantitative estimate of drug-likeness (QED) is 0.262. The van der Waals surface area contributed by atoms with Gasteiger partial charge in [0.05, 0.1) is 21.9 Å². The number of aromatic carboxylic acids is 1. The number of rotatable bonds is 8. The van der Waals surface area contributed by atoms with Gasteiger partial charge >= 0.3 is 5.97 Å². The highest BCUT2D eigenvalue weighted by Gasteiger charge is 2.35. The molecule has 1 aliphatic rings. The molecule has 1 N–H and O–H groups in total. The lowest BCUT2D eigenvalue weighted by Gasteiger charge is -2.12. The van der Waals surface area contributed by atoms with Crippen LogP contribution in [0.5, 0.6) is 5.75 Å². The van der Waals surface area contributed by atoms with Gasteiger partial charge in [-0.15, -0.1) is 0 Å². The van der Waals surface area contributed by atoms with Crippen LogP contribution < -0.4 is 4.74 Å². The van der Waals surface area contributed by atoms with E-state index in [-0.39, 0.29) is 29.3 Å². The van der Waals surface area contributed by atoms with Crippen molar-refractivity contribution in [3.8, 4) is 5.75 Å². The number of ether oxygens (including phenoxy) is 1. The van der Waals surface area contributed by atoms with Crippen molar-refractivity contribution in [2.45, 2.75) is 13.2 Å². The molecular weight excluding hydrogens is 472 g/mol. The predicted molar refractivity (Wildman–Crippen MR) is 129 cm³/mol. The fourth-order valence-electron chi connectivity index (χ4n) is 3.32. The van der Waals surface area contributed by atoms with E-state index in [4.69, 9.17) is 9.84 Å². The molecule has 3 aromatic rings. The molecule has 4 rings (SSSR count). The number of amides is 2. The fraction of sp³-hybridized carbons (Fsp3) is 0.0800. The van der Waals surface area contributed by atoms with Gasteiger partial charge in [0.15, 0.2) is 0 Å². The van der Waals surface area contributed by atoms with Crippen molar-refractivity contribution in [2.24, 2.45) is 0 Å². The third-order valence-corrected chi connectivity index (χ3v) is 6.07. The van der Waals surface area contributed by atoms with Crippen LogP contribution in [0.4, 0.5) is 10.5 Å². The van der Waals surface area contributed by atoms with E-state index in [2.05, 4.69) is 0 Å². The van der Waals surface area contributed by atoms with Crippen LogP contribution in [0.1, 0.15) is 27.0 Å². The molecule has 0 saturated carbocycles. The number of carboxylic acid groups (broad SMARTS) is 1. The van der Waals surface area contributed by atoms with Gasteiger partial charge in [-0.2, -0.15) is 0 Å². The summed E-state index contributed by atoms with van der Waals surface area (Å²) in [6.07, 6.45) is 1.59. The molecule has 1 heterocycles. The van der Waals surface area contributed by atoms with Gasteiger partial charge in [0.2, 0.25) is 0 Å². The lowest BCUT2D eigenvalue weighted by atomic mass is 10.1. The molecule has 0 radical (unpaired) electrons. The standard InChI is InChI=1S/C25H18N2O7S/c28-23-22(35-25(31)26(23)14-16-7-11-20(12-8-16)27(32)33)13-19-3-1-2-4-21(19)34-15-17-5-9-18(10-6-17)24(29)30/h1-13H,14-15H2,(H,29,30)/b22-13-. The number of hydrogen-bond acceptors (Lipinski definition) is 7. The Balaban J connectivity index is 1.47. The van der Waals surface area contributed by atoms with Gasteiger partial charge in [-0.25, -0.2) is 4.79 Å². The van der Waals surface area contributed by atoms with Crippen LogP contribution in [0, 0.1) is 10.1 Å². The molecule has 176 valence electrons. The first kappa shape index (κ1) is 23.7. The van der Waals surface area contributed by atoms with Crippen molar-refractivity contribution in [3.63, 3.8) is 0 Å². The van der Waals surface area contributed by atoms with E-state index >= 15 is 0 Å². The second kappa shape index (κ2) is 10.2. The van der Waals surface area contributed by atoms with Crippen molar-refractivity contribution in [3.05, 3.63) is 110 Å². The number of carboxylic acids is 1. The molecular formula is C25H18N2O7S. The summed E-state index contributed by atoms with van der Waals surface area (Å²) in [5.41, 5.74) is 2.08. The Bertz CT molecular complexity index is 1330. The average Bonchev–Trinajstić information content (AvgIpc) is 3.11. The van der Waals surface area contributed by atoms with Crippen LogP contribution in [-0.4, -0.2) is 32.0 Å². The SMILES string of the molecule is O=C(O)c1ccc(COc2ccccc2/C=C2\SC(=O)N(Cc3ccc([N+](=O)[O-])cc3)C2=O)cc1. The zero-order valence-electron chi connectivity index (χ0n) is 18.1. The number of imide groups is 1. The highest BCUT2D eigenvalue weighted by atomic mass is 32.2. The molecule has 0 bridgehead atoms. The number of nitro benzene ring substituents is 1. The molecule has 1 aliphatic heterocycles. The summed E-state index contributed by atoms with van der Waals surface area (Å²) in [5.74, 6) is -0.972. The van der Waals surface area contributed by atoms with Crippen LogP contribution in [0.3, 0.4) is 0 Å². The Morgan fingerprint density at radius 2 is 1.66 bits per heavy atom. The Labute approximate surface area is 203 Å². The van der Waals surface area contributed by atoms with Gasteiger partial charge in [-0.05, 0) is 47.2 Å². The monoisotopic (exact) mass is 490 g/mol. The van der Waals surface area contributed by atoms with E-state index in [1.54, 1.807) is 42.5 Å². The molecule has 35 heavy (non-hydrogen) atoms. The summed E-state index contributed by atoms with van der Waals surface area (Å²) in [4.78, 5) is 48.0. The zero-order valence-corrected chi connectivity index (χ0v) is 18.9. The van der Waals surface area contributed by atoms with E-state index in [0.29, 0.717) is 16.9 Å². The number of benzene rings is 3. The first-order valence-electron chi connectivity index (χ1n) is 10.3. The number of hydrogen-bond donors (Lipinski definition) is 1. The van der Waals surface area contributed by atoms with E-state index in [0.717, 1.165) is 22.2 Å². The van der Waals surface area contributed by atoms with Crippen molar-refractivity contribution in [1.82, 2.24) is 4.90 Å². The lowest BCUT2D eigenvalue weighted by Crippen LogP contribution is -2.27. The third-order valence-electron chi connectivity index (χ3n) is 5.16. The van der Waals surface area contributed by atoms with Gasteiger partial charge in [0, 0.05) is 17.7 Å². The van der Waals surface area contributed by atoms with Crippen molar-refractivity contribution < 1.29 is 29.2 Å². The Hall–Kier alpha value is -4.44. The largest absolute Gasteiger partial charge is 0.488 e. The summed E-state index contributed by atoms with van der Waals surface area (Å²) in [6.45, 7) is 0.191. The number of para-hydroxylation sites is 1. The minimum Gasteiger partial charge on any atom is -0.488 e. The minimum absolute atomic E-state index is 0.00445. The first-order valence-corrected chi connectivity index (χ1v) is 11.2. The molecule has 1 saturated heterocycles. The fourth-order valence-corrected chi connectivity index (χ4v) is 4.15. The topological polar surface area (TPSA) is 127 Å². The van der Waals surface area contributed by atoms with Gasteiger partial charge in [0.1, 0.15) is 12.4 Å². The van der Waals surface area contributed by atoms with Crippen LogP contribution in [-0.2, 0) is 17.9 Å². The molecule has 9 nitrogen and oxygen atoms in total. The number of non-ortho nitro benzene ring substituents is 1. The van der Waals surface area contributed by atoms with E-state index in [1.165, 1.54) is 36.4 Å². The second-order valence-electron chi connectivity index (χ2n) is 7.52. The van der Waals surface area contributed by atoms with Crippen molar-refractivity contribution >= 4 is 40.6 Å². The van der Waals surface area contributed by atoms with Crippen LogP contribution in [0.15, 0.2) is 77.7 Å². The van der Waals surface area contributed by atoms with Gasteiger partial charge in [-0.3, -0.25) is 24.6 Å². The van der Waals surface area contributed by atoms with Crippen molar-refractivity contribution in [2.75, 3.05) is 0 Å². The Morgan fingerprint density at radius 3 is 2.31 bits per heavy atom. The normalized spacial score (nSPS) is 14.4. The average molecular weight is 490 g/mol. The smallest absolute Gasteiger partial charge is 0.335 e. The summed E-state index contributed by atoms with van der Waals surface area (Å²) in [6, 6.07) is 19.0. The van der Waals surface area contributed by atoms with Crippen LogP contribution in [0.25, 0.3) is 6.08 Å². The maximum absolute atomic E-state index is 12.9. The molecule has 3 aromatic carbocycles. The molecule has 0 spiro atoms. The van der Waals surface area contributed by atoms with Crippen LogP contribution >= 0.6 is 11.8 Å². The van der Waals surface area contributed by atoms with Crippen molar-refractivity contribution in [1.29, 1.82) is 0 Å². The lowest BCUT2D eigenvalue weighted by molar-refractivity contribution is -0.384. The highest BCUT2D eigenvalue weighted by molar-refractivity contribution is 8.18. The number of nitro groups is 1. The number of carbonyl (C=O) groups is 3. The number of thioether (sulfide) groups is 1. The summed E-state index contributed by atoms with van der Waals surface area (Å²) in [7, 11) is 0. The van der Waals surface area contributed by atoms with E-state index in [1.807, 2.05) is 0 Å². The minimum atomic E-state index is -1.01. The molecule has 0 atom stereocenters. The molecule has 0 aromatic heterocycles. The Morgan fingerprint density at radius 1 is 1.00 bits per heavy atom. The van der Waals surface area contributed by atoms with Gasteiger partial charge in [-0.1, -0.05) is 42.5 Å². The second-order valence-corrected chi connectivity index (χ2v) is 8.51. The Kier molecular flexibility index (Phi) is 6.93. The predicted octanol–water partition coefficient (Wildman–Crippen LogP) is 5.11. The molecule has 1 fully saturated rings. The molecule has 10 heteroatoms. The number of nitrogens with zero attached hydrogens (tertiary/aromatic N) is 2. The number of carbonyl (C=O) groups excluding carboxylic acids is 2. The van der Waals surface area contributed by atoms with Gasteiger partial charge < -0.3 is 9.84 Å². The first-order chi connectivity index (χ1) is 16.8. The summed E-state index contributed by atoms with van der Waals surface area (Å²) < 4.78 is 5.88.